The standard InChI is InChI=1S/C27H30ClNO6/c1-6-15(3)10-11-17-13-18-19(14-29(17)12-8-9-20(30)31)22-21(24(32)16(4)7-2)26(34)35-27(22,5)25(33)23(18)28/h7,10-11,13-15H,6,8-9,12H2,1-5H3,(H,30,31)/t15-,27-/m0/s1. The largest absolute Gasteiger partial charge is 0.481 e. The van der Waals surface area contributed by atoms with Crippen LogP contribution in [-0.4, -0.2) is 45.7 Å². The quantitative estimate of drug-likeness (QED) is 0.277. The number of Topliss-reactive ketones (excluding diaryl/α,β-unsaturated/α-hetero) is 2. The van der Waals surface area contributed by atoms with Gasteiger partial charge in [-0.25, -0.2) is 4.79 Å². The smallest absolute Gasteiger partial charge is 0.343 e. The number of halogens is 1. The van der Waals surface area contributed by atoms with E-state index in [4.69, 9.17) is 21.4 Å². The normalized spacial score (nSPS) is 23.3. The van der Waals surface area contributed by atoms with Crippen LogP contribution in [-0.2, 0) is 23.9 Å². The molecular weight excluding hydrogens is 470 g/mol. The third-order valence-electron chi connectivity index (χ3n) is 6.61. The van der Waals surface area contributed by atoms with Crippen molar-refractivity contribution >= 4 is 35.1 Å². The number of carbonyl (C=O) groups is 4. The summed E-state index contributed by atoms with van der Waals surface area (Å²) in [6, 6.07) is 0. The van der Waals surface area contributed by atoms with Crippen molar-refractivity contribution in [3.8, 4) is 0 Å². The van der Waals surface area contributed by atoms with Crippen molar-refractivity contribution < 1.29 is 29.0 Å². The van der Waals surface area contributed by atoms with Gasteiger partial charge in [0, 0.05) is 41.6 Å². The fourth-order valence-electron chi connectivity index (χ4n) is 4.17. The summed E-state index contributed by atoms with van der Waals surface area (Å²) in [4.78, 5) is 52.3. The van der Waals surface area contributed by atoms with E-state index in [9.17, 15) is 19.2 Å². The van der Waals surface area contributed by atoms with E-state index in [0.29, 0.717) is 35.6 Å². The van der Waals surface area contributed by atoms with Crippen molar-refractivity contribution in [1.82, 2.24) is 4.90 Å². The minimum absolute atomic E-state index is 0.0177. The molecular formula is C27H30ClNO6. The molecule has 7 nitrogen and oxygen atoms in total. The van der Waals surface area contributed by atoms with Crippen LogP contribution >= 0.6 is 11.6 Å². The van der Waals surface area contributed by atoms with Crippen LogP contribution in [0.25, 0.3) is 0 Å². The van der Waals surface area contributed by atoms with E-state index in [0.717, 1.165) is 12.1 Å². The van der Waals surface area contributed by atoms with E-state index in [1.807, 2.05) is 17.1 Å². The number of ether oxygens (including phenoxy) is 1. The number of carboxylic acid groups (broad SMARTS) is 1. The molecule has 0 bridgehead atoms. The molecule has 8 heteroatoms. The molecule has 186 valence electrons. The van der Waals surface area contributed by atoms with Gasteiger partial charge in [-0.15, -0.1) is 0 Å². The van der Waals surface area contributed by atoms with Crippen molar-refractivity contribution in [1.29, 1.82) is 0 Å². The maximum Gasteiger partial charge on any atom is 0.343 e. The lowest BCUT2D eigenvalue weighted by molar-refractivity contribution is -0.153. The maximum absolute atomic E-state index is 13.3. The van der Waals surface area contributed by atoms with Crippen LogP contribution in [0.1, 0.15) is 53.9 Å². The first-order valence-electron chi connectivity index (χ1n) is 11.7. The number of carbonyl (C=O) groups excluding carboxylic acids is 3. The molecule has 0 aromatic carbocycles. The number of nitrogens with zero attached hydrogens (tertiary/aromatic N) is 1. The van der Waals surface area contributed by atoms with Gasteiger partial charge >= 0.3 is 11.9 Å². The summed E-state index contributed by atoms with van der Waals surface area (Å²) in [5, 5.41) is 9.02. The molecule has 0 saturated heterocycles. The van der Waals surface area contributed by atoms with Crippen molar-refractivity contribution in [3.63, 3.8) is 0 Å². The topological polar surface area (TPSA) is 101 Å². The monoisotopic (exact) mass is 499 g/mol. The number of esters is 1. The minimum atomic E-state index is -1.72. The molecule has 2 heterocycles. The highest BCUT2D eigenvalue weighted by Crippen LogP contribution is 2.50. The molecule has 1 N–H and O–H groups in total. The zero-order valence-electron chi connectivity index (χ0n) is 20.6. The van der Waals surface area contributed by atoms with Gasteiger partial charge in [0.15, 0.2) is 11.4 Å². The third-order valence-corrected chi connectivity index (χ3v) is 6.99. The second-order valence-electron chi connectivity index (χ2n) is 9.08. The van der Waals surface area contributed by atoms with Gasteiger partial charge in [0.25, 0.3) is 0 Å². The predicted molar refractivity (Wildman–Crippen MR) is 132 cm³/mol. The first-order valence-corrected chi connectivity index (χ1v) is 12.0. The molecule has 0 aromatic heterocycles. The maximum atomic E-state index is 13.3. The highest BCUT2D eigenvalue weighted by molar-refractivity contribution is 6.46. The fourth-order valence-corrected chi connectivity index (χ4v) is 4.51. The zero-order chi connectivity index (χ0) is 26.1. The Labute approximate surface area is 210 Å². The van der Waals surface area contributed by atoms with Gasteiger partial charge in [-0.1, -0.05) is 44.0 Å². The van der Waals surface area contributed by atoms with E-state index in [1.165, 1.54) is 6.92 Å². The van der Waals surface area contributed by atoms with Gasteiger partial charge in [0.2, 0.25) is 5.78 Å². The molecule has 0 saturated carbocycles. The van der Waals surface area contributed by atoms with E-state index in [1.54, 1.807) is 32.2 Å². The second-order valence-corrected chi connectivity index (χ2v) is 9.46. The average molecular weight is 500 g/mol. The highest BCUT2D eigenvalue weighted by Gasteiger charge is 2.57. The molecule has 35 heavy (non-hydrogen) atoms. The van der Waals surface area contributed by atoms with Gasteiger partial charge in [0.05, 0.1) is 5.03 Å². The molecule has 0 spiro atoms. The van der Waals surface area contributed by atoms with Crippen molar-refractivity contribution in [2.45, 2.75) is 59.5 Å². The molecule has 2 atom stereocenters. The summed E-state index contributed by atoms with van der Waals surface area (Å²) < 4.78 is 5.48. The van der Waals surface area contributed by atoms with Crippen LogP contribution in [0.4, 0.5) is 0 Å². The minimum Gasteiger partial charge on any atom is -0.481 e. The molecule has 3 aliphatic rings. The second kappa shape index (κ2) is 10.2. The summed E-state index contributed by atoms with van der Waals surface area (Å²) in [5.74, 6) is -2.55. The van der Waals surface area contributed by atoms with Crippen LogP contribution in [0.15, 0.2) is 69.1 Å². The first kappa shape index (κ1) is 26.4. The number of aliphatic carboxylic acids is 1. The Balaban J connectivity index is 2.23. The van der Waals surface area contributed by atoms with Crippen LogP contribution in [0.2, 0.25) is 0 Å². The molecule has 2 aliphatic heterocycles. The Kier molecular flexibility index (Phi) is 7.70. The van der Waals surface area contributed by atoms with Crippen molar-refractivity contribution in [2.24, 2.45) is 5.92 Å². The Bertz CT molecular complexity index is 1180. The lowest BCUT2D eigenvalue weighted by Crippen LogP contribution is -2.43. The molecule has 3 rings (SSSR count). The molecule has 0 radical (unpaired) electrons. The summed E-state index contributed by atoms with van der Waals surface area (Å²) >= 11 is 6.52. The number of allylic oxidation sites excluding steroid dienone is 6. The Morgan fingerprint density at radius 1 is 1.31 bits per heavy atom. The van der Waals surface area contributed by atoms with Gasteiger partial charge < -0.3 is 14.7 Å². The van der Waals surface area contributed by atoms with Crippen LogP contribution in [0.5, 0.6) is 0 Å². The van der Waals surface area contributed by atoms with Crippen molar-refractivity contribution in [2.75, 3.05) is 6.54 Å². The number of rotatable bonds is 9. The molecule has 0 aromatic rings. The number of ketones is 2. The van der Waals surface area contributed by atoms with E-state index < -0.39 is 29.1 Å². The number of hydrogen-bond donors (Lipinski definition) is 1. The molecule has 0 amide bonds. The zero-order valence-corrected chi connectivity index (χ0v) is 21.4. The Morgan fingerprint density at radius 2 is 2.00 bits per heavy atom. The van der Waals surface area contributed by atoms with Crippen LogP contribution in [0.3, 0.4) is 0 Å². The molecule has 0 unspecified atom stereocenters. The number of fused-ring (bicyclic) bond motifs is 3. The SMILES string of the molecule is CC=C(C)C(=O)C1=C2C3=CN(CCCC(=O)O)C(C=C[C@@H](C)CC)=CC3=C(Cl)C(=O)[C@@]2(C)OC1=O. The van der Waals surface area contributed by atoms with Gasteiger partial charge in [-0.05, 0) is 50.8 Å². The summed E-state index contributed by atoms with van der Waals surface area (Å²) in [5.41, 5.74) is 0.241. The predicted octanol–water partition coefficient (Wildman–Crippen LogP) is 4.76. The highest BCUT2D eigenvalue weighted by atomic mass is 35.5. The summed E-state index contributed by atoms with van der Waals surface area (Å²) in [6.07, 6.45) is 10.3. The van der Waals surface area contributed by atoms with E-state index in [-0.39, 0.29) is 22.6 Å². The Hall–Kier alpha value is -3.19. The van der Waals surface area contributed by atoms with E-state index >= 15 is 0 Å². The van der Waals surface area contributed by atoms with Gasteiger partial charge in [0.1, 0.15) is 5.57 Å². The lowest BCUT2D eigenvalue weighted by Gasteiger charge is -2.36. The van der Waals surface area contributed by atoms with Gasteiger partial charge in [-0.2, -0.15) is 0 Å². The summed E-state index contributed by atoms with van der Waals surface area (Å²) in [6.45, 7) is 9.26. The molecule has 0 fully saturated rings. The van der Waals surface area contributed by atoms with Gasteiger partial charge in [-0.3, -0.25) is 14.4 Å². The third kappa shape index (κ3) is 4.82. The lowest BCUT2D eigenvalue weighted by atomic mass is 9.74. The molecule has 1 aliphatic carbocycles. The van der Waals surface area contributed by atoms with Crippen molar-refractivity contribution in [3.05, 3.63) is 69.1 Å². The first-order chi connectivity index (χ1) is 16.5. The Morgan fingerprint density at radius 3 is 2.60 bits per heavy atom. The van der Waals surface area contributed by atoms with Crippen LogP contribution in [0, 0.1) is 5.92 Å². The summed E-state index contributed by atoms with van der Waals surface area (Å²) in [7, 11) is 0. The fraction of sp³-hybridized carbons (Fsp3) is 0.407. The number of hydrogen-bond acceptors (Lipinski definition) is 6. The van der Waals surface area contributed by atoms with E-state index in [2.05, 4.69) is 13.8 Å². The average Bonchev–Trinajstić information content (AvgIpc) is 3.10. The number of carboxylic acids is 1. The van der Waals surface area contributed by atoms with Crippen LogP contribution < -0.4 is 0 Å².